The van der Waals surface area contributed by atoms with Crippen molar-refractivity contribution in [3.05, 3.63) is 35.9 Å². The highest BCUT2D eigenvalue weighted by Gasteiger charge is 2.28. The van der Waals surface area contributed by atoms with E-state index in [9.17, 15) is 4.79 Å². The normalized spacial score (nSPS) is 12.9. The first kappa shape index (κ1) is 25.8. The lowest BCUT2D eigenvalue weighted by atomic mass is 9.85. The van der Waals surface area contributed by atoms with Crippen molar-refractivity contribution in [3.63, 3.8) is 0 Å². The molecule has 0 bridgehead atoms. The number of unbranched alkanes of at least 4 members (excludes halogenated alkanes) is 3. The van der Waals surface area contributed by atoms with Crippen molar-refractivity contribution in [1.82, 2.24) is 0 Å². The number of hydrogen-bond acceptors (Lipinski definition) is 3. The van der Waals surface area contributed by atoms with Crippen LogP contribution < -0.4 is 4.74 Å². The predicted molar refractivity (Wildman–Crippen MR) is 130 cm³/mol. The van der Waals surface area contributed by atoms with Crippen LogP contribution in [0.4, 0.5) is 0 Å². The summed E-state index contributed by atoms with van der Waals surface area (Å²) in [5.41, 5.74) is 1.03. The van der Waals surface area contributed by atoms with Crippen molar-refractivity contribution in [3.8, 4) is 5.75 Å². The molecule has 5 heteroatoms. The number of ether oxygens (including phenoxy) is 2. The van der Waals surface area contributed by atoms with Crippen LogP contribution in [0.2, 0.25) is 5.82 Å². The number of benzene rings is 1. The maximum atomic E-state index is 12.6. The molecule has 0 saturated carbocycles. The van der Waals surface area contributed by atoms with E-state index in [2.05, 4.69) is 27.8 Å². The molecule has 0 saturated heterocycles. The summed E-state index contributed by atoms with van der Waals surface area (Å²) in [6, 6.07) is 7.91. The smallest absolute Gasteiger partial charge is 0.274 e. The zero-order chi connectivity index (χ0) is 21.5. The number of hydrogen-bond donors (Lipinski definition) is 0. The lowest BCUT2D eigenvalue weighted by Crippen LogP contribution is -2.23. The van der Waals surface area contributed by atoms with Crippen LogP contribution >= 0.6 is 7.14 Å². The molecule has 1 aromatic rings. The Morgan fingerprint density at radius 3 is 2.10 bits per heavy atom. The van der Waals surface area contributed by atoms with E-state index < -0.39 is 7.14 Å². The topological polar surface area (TPSA) is 35.5 Å². The van der Waals surface area contributed by atoms with Crippen LogP contribution in [0, 0.1) is 0 Å². The van der Waals surface area contributed by atoms with E-state index in [0.717, 1.165) is 11.3 Å². The van der Waals surface area contributed by atoms with Crippen LogP contribution in [0.3, 0.4) is 0 Å². The van der Waals surface area contributed by atoms with Crippen molar-refractivity contribution in [2.24, 2.45) is 0 Å². The van der Waals surface area contributed by atoms with Gasteiger partial charge in [0.15, 0.2) is 0 Å². The van der Waals surface area contributed by atoms with Crippen molar-refractivity contribution >= 4 is 26.2 Å². The van der Waals surface area contributed by atoms with Crippen LogP contribution in [0.15, 0.2) is 30.3 Å². The number of carbonyl (C=O) groups is 1. The van der Waals surface area contributed by atoms with Gasteiger partial charge >= 0.3 is 0 Å². The monoisotopic (exact) mass is 418 g/mol. The molecular weight excluding hydrogens is 378 g/mol. The van der Waals surface area contributed by atoms with Gasteiger partial charge in [-0.3, -0.25) is 4.79 Å². The van der Waals surface area contributed by atoms with Gasteiger partial charge in [0, 0.05) is 18.5 Å². The molecule has 2 radical (unpaired) electrons. The van der Waals surface area contributed by atoms with Gasteiger partial charge in [-0.2, -0.15) is 0 Å². The fraction of sp³-hybridized carbons (Fsp3) is 0.625. The Kier molecular flexibility index (Phi) is 13.0. The van der Waals surface area contributed by atoms with Crippen LogP contribution in [0.5, 0.6) is 5.75 Å². The van der Waals surface area contributed by atoms with Gasteiger partial charge in [0.2, 0.25) is 0 Å². The molecule has 1 aromatic carbocycles. The predicted octanol–water partition coefficient (Wildman–Crippen LogP) is 6.71. The highest BCUT2D eigenvalue weighted by Crippen LogP contribution is 2.61. The largest absolute Gasteiger partial charge is 0.497 e. The SMILES string of the molecule is CCCC[P+]([B-]C(/C=C/c1cccc(OC)c1)C(=O)OC)(CCCC)CCCC. The summed E-state index contributed by atoms with van der Waals surface area (Å²) in [7, 11) is 1.85. The molecular formula is C24H40BO3P. The molecule has 1 atom stereocenters. The second-order valence-corrected chi connectivity index (χ2v) is 11.9. The average molecular weight is 418 g/mol. The third kappa shape index (κ3) is 9.38. The van der Waals surface area contributed by atoms with Crippen molar-refractivity contribution in [2.45, 2.75) is 65.1 Å². The Morgan fingerprint density at radius 1 is 1.03 bits per heavy atom. The van der Waals surface area contributed by atoms with Crippen molar-refractivity contribution in [1.29, 1.82) is 0 Å². The molecule has 0 aliphatic heterocycles. The van der Waals surface area contributed by atoms with Gasteiger partial charge in [0.1, 0.15) is 5.75 Å². The van der Waals surface area contributed by atoms with Gasteiger partial charge in [-0.1, -0.05) is 71.1 Å². The Labute approximate surface area is 180 Å². The van der Waals surface area contributed by atoms with E-state index in [1.807, 2.05) is 36.4 Å². The molecule has 1 unspecified atom stereocenters. The van der Waals surface area contributed by atoms with E-state index >= 15 is 0 Å². The summed E-state index contributed by atoms with van der Waals surface area (Å²) in [5.74, 6) is 0.379. The first-order valence-corrected chi connectivity index (χ1v) is 13.6. The first-order valence-electron chi connectivity index (χ1n) is 11.2. The Bertz CT molecular complexity index is 596. The van der Waals surface area contributed by atoms with Crippen LogP contribution in [-0.4, -0.2) is 45.7 Å². The summed E-state index contributed by atoms with van der Waals surface area (Å²) in [5, 5.41) is 0. The Balaban J connectivity index is 3.12. The van der Waals surface area contributed by atoms with Crippen LogP contribution in [0.1, 0.15) is 64.9 Å². The van der Waals surface area contributed by atoms with Gasteiger partial charge < -0.3 is 9.47 Å². The van der Waals surface area contributed by atoms with Crippen LogP contribution in [-0.2, 0) is 9.53 Å². The highest BCUT2D eigenvalue weighted by molar-refractivity contribution is 8.00. The first-order chi connectivity index (χ1) is 14.0. The lowest BCUT2D eigenvalue weighted by molar-refractivity contribution is -0.139. The second-order valence-electron chi connectivity index (χ2n) is 7.78. The summed E-state index contributed by atoms with van der Waals surface area (Å²) in [4.78, 5) is 12.6. The van der Waals surface area contributed by atoms with E-state index in [1.54, 1.807) is 7.11 Å². The van der Waals surface area contributed by atoms with Gasteiger partial charge in [-0.15, -0.1) is 6.08 Å². The van der Waals surface area contributed by atoms with Gasteiger partial charge in [-0.05, 0) is 37.0 Å². The summed E-state index contributed by atoms with van der Waals surface area (Å²) >= 11 is 0. The minimum Gasteiger partial charge on any atom is -0.497 e. The molecule has 29 heavy (non-hydrogen) atoms. The third-order valence-electron chi connectivity index (χ3n) is 5.41. The zero-order valence-electron chi connectivity index (χ0n) is 19.2. The molecule has 3 nitrogen and oxygen atoms in total. The standard InChI is InChI=1S/C24H40BO3P/c1-6-9-17-29(18-10-7-2,19-11-8-3)25-23(24(26)28-5)16-15-21-13-12-14-22(20-21)27-4/h12-16,20,23H,6-11,17-19H2,1-5H3/b16-15+. The van der Waals surface area contributed by atoms with Crippen LogP contribution in [0.25, 0.3) is 6.08 Å². The lowest BCUT2D eigenvalue weighted by Gasteiger charge is -2.42. The zero-order valence-corrected chi connectivity index (χ0v) is 20.0. The molecule has 0 aliphatic carbocycles. The van der Waals surface area contributed by atoms with Crippen molar-refractivity contribution in [2.75, 3.05) is 32.7 Å². The molecule has 162 valence electrons. The molecule has 1 rings (SSSR count). The highest BCUT2D eigenvalue weighted by atomic mass is 31.2. The Morgan fingerprint density at radius 2 is 1.62 bits per heavy atom. The molecule has 0 aliphatic rings. The van der Waals surface area contributed by atoms with E-state index in [4.69, 9.17) is 9.47 Å². The molecule has 0 spiro atoms. The van der Waals surface area contributed by atoms with E-state index in [-0.39, 0.29) is 11.8 Å². The van der Waals surface area contributed by atoms with Crippen molar-refractivity contribution < 1.29 is 14.3 Å². The number of rotatable bonds is 15. The Hall–Kier alpha value is -1.28. The van der Waals surface area contributed by atoms with Gasteiger partial charge in [0.05, 0.1) is 14.2 Å². The fourth-order valence-electron chi connectivity index (χ4n) is 3.60. The maximum absolute atomic E-state index is 12.6. The third-order valence-corrected chi connectivity index (χ3v) is 9.99. The molecule has 0 aromatic heterocycles. The minimum absolute atomic E-state index is 0.155. The second kappa shape index (κ2) is 14.7. The molecule has 0 N–H and O–H groups in total. The fourth-order valence-corrected chi connectivity index (χ4v) is 8.46. The van der Waals surface area contributed by atoms with E-state index in [1.165, 1.54) is 64.1 Å². The molecule has 0 fully saturated rings. The maximum Gasteiger partial charge on any atom is 0.274 e. The summed E-state index contributed by atoms with van der Waals surface area (Å²) in [6.07, 6.45) is 15.1. The molecule has 0 heterocycles. The average Bonchev–Trinajstić information content (AvgIpc) is 2.76. The van der Waals surface area contributed by atoms with Gasteiger partial charge in [-0.25, -0.2) is 7.14 Å². The quantitative estimate of drug-likeness (QED) is 0.180. The summed E-state index contributed by atoms with van der Waals surface area (Å²) < 4.78 is 10.5. The number of esters is 1. The number of methoxy groups -OCH3 is 2. The number of carbonyl (C=O) groups excluding carboxylic acids is 1. The summed E-state index contributed by atoms with van der Waals surface area (Å²) in [6.45, 7) is 9.19. The minimum atomic E-state index is -1.31. The molecule has 0 amide bonds. The van der Waals surface area contributed by atoms with E-state index in [0.29, 0.717) is 0 Å². The van der Waals surface area contributed by atoms with Gasteiger partial charge in [0.25, 0.3) is 5.97 Å².